The molecule has 2 aromatic carbocycles. The van der Waals surface area contributed by atoms with Crippen molar-refractivity contribution in [3.05, 3.63) is 64.7 Å². The van der Waals surface area contributed by atoms with Crippen LogP contribution in [0.4, 0.5) is 5.69 Å². The molecule has 1 atom stereocenters. The Labute approximate surface area is 168 Å². The van der Waals surface area contributed by atoms with Crippen LogP contribution in [0.5, 0.6) is 0 Å². The number of unbranched alkanes of at least 4 members (excludes halogenated alkanes) is 1. The molecule has 5 nitrogen and oxygen atoms in total. The number of hydrogen-bond donors (Lipinski definition) is 0. The molecule has 1 spiro atoms. The van der Waals surface area contributed by atoms with Crippen LogP contribution in [0.1, 0.15) is 37.3 Å². The van der Waals surface area contributed by atoms with E-state index >= 15 is 0 Å². The second-order valence-corrected chi connectivity index (χ2v) is 7.76. The molecule has 2 aromatic rings. The zero-order valence-corrected chi connectivity index (χ0v) is 16.4. The highest BCUT2D eigenvalue weighted by Crippen LogP contribution is 2.49. The number of halogens is 1. The van der Waals surface area contributed by atoms with Gasteiger partial charge in [-0.3, -0.25) is 19.3 Å². The minimum atomic E-state index is -1.46. The lowest BCUT2D eigenvalue weighted by Gasteiger charge is -2.22. The van der Waals surface area contributed by atoms with Crippen LogP contribution in [0.2, 0.25) is 5.02 Å². The third-order valence-corrected chi connectivity index (χ3v) is 5.80. The lowest BCUT2D eigenvalue weighted by molar-refractivity contribution is -0.142. The predicted molar refractivity (Wildman–Crippen MR) is 107 cm³/mol. The molecule has 0 saturated carbocycles. The topological polar surface area (TPSA) is 57.7 Å². The fourth-order valence-electron chi connectivity index (χ4n) is 4.13. The Morgan fingerprint density at radius 2 is 1.71 bits per heavy atom. The molecule has 4 rings (SSSR count). The lowest BCUT2D eigenvalue weighted by Crippen LogP contribution is -2.46. The Bertz CT molecular complexity index is 960. The van der Waals surface area contributed by atoms with E-state index in [2.05, 4.69) is 0 Å². The van der Waals surface area contributed by atoms with Gasteiger partial charge in [-0.1, -0.05) is 61.3 Å². The molecule has 2 heterocycles. The van der Waals surface area contributed by atoms with Crippen molar-refractivity contribution in [2.24, 2.45) is 0 Å². The van der Waals surface area contributed by atoms with E-state index < -0.39 is 11.3 Å². The molecular formula is C22H21ClN2O3. The summed E-state index contributed by atoms with van der Waals surface area (Å²) in [5, 5.41) is 0.503. The summed E-state index contributed by atoms with van der Waals surface area (Å²) in [4.78, 5) is 42.5. The highest BCUT2D eigenvalue weighted by Gasteiger charge is 2.63. The Morgan fingerprint density at radius 1 is 1.00 bits per heavy atom. The van der Waals surface area contributed by atoms with Crippen molar-refractivity contribution in [3.8, 4) is 0 Å². The molecule has 3 amide bonds. The van der Waals surface area contributed by atoms with E-state index in [0.29, 0.717) is 22.8 Å². The quantitative estimate of drug-likeness (QED) is 0.572. The van der Waals surface area contributed by atoms with Crippen molar-refractivity contribution in [1.29, 1.82) is 0 Å². The molecule has 1 saturated heterocycles. The summed E-state index contributed by atoms with van der Waals surface area (Å²) in [6.45, 7) is 2.72. The summed E-state index contributed by atoms with van der Waals surface area (Å²) >= 11 is 6.17. The number of likely N-dealkylation sites (tertiary alicyclic amines) is 1. The maximum absolute atomic E-state index is 13.4. The highest BCUT2D eigenvalue weighted by molar-refractivity contribution is 6.32. The fraction of sp³-hybridized carbons (Fsp3) is 0.318. The predicted octanol–water partition coefficient (Wildman–Crippen LogP) is 3.68. The third kappa shape index (κ3) is 2.73. The Hall–Kier alpha value is -2.66. The number of imide groups is 1. The van der Waals surface area contributed by atoms with E-state index in [1.807, 2.05) is 37.3 Å². The van der Waals surface area contributed by atoms with Crippen molar-refractivity contribution in [1.82, 2.24) is 4.90 Å². The first kappa shape index (κ1) is 18.7. The van der Waals surface area contributed by atoms with Gasteiger partial charge in [0, 0.05) is 22.8 Å². The molecule has 0 aromatic heterocycles. The Morgan fingerprint density at radius 3 is 2.43 bits per heavy atom. The van der Waals surface area contributed by atoms with Gasteiger partial charge in [0.2, 0.25) is 17.7 Å². The molecule has 6 heteroatoms. The second kappa shape index (κ2) is 7.06. The summed E-state index contributed by atoms with van der Waals surface area (Å²) in [5.74, 6) is -1.07. The molecule has 0 radical (unpaired) electrons. The van der Waals surface area contributed by atoms with Gasteiger partial charge in [0.15, 0.2) is 5.41 Å². The third-order valence-electron chi connectivity index (χ3n) is 5.57. The monoisotopic (exact) mass is 396 g/mol. The standard InChI is InChI=1S/C22H21ClN2O3/c1-2-3-11-24-18-12-16(23)9-10-17(18)22(20(24)27)13-19(26)25(21(22)28)14-15-7-5-4-6-8-15/h4-10,12H,2-3,11,13-14H2,1H3. The van der Waals surface area contributed by atoms with Crippen LogP contribution >= 0.6 is 11.6 Å². The number of carbonyl (C=O) groups excluding carboxylic acids is 3. The zero-order valence-electron chi connectivity index (χ0n) is 15.7. The van der Waals surface area contributed by atoms with Crippen LogP contribution < -0.4 is 4.90 Å². The number of benzene rings is 2. The zero-order chi connectivity index (χ0) is 19.9. The van der Waals surface area contributed by atoms with Gasteiger partial charge >= 0.3 is 0 Å². The van der Waals surface area contributed by atoms with E-state index in [9.17, 15) is 14.4 Å². The number of carbonyl (C=O) groups is 3. The summed E-state index contributed by atoms with van der Waals surface area (Å²) in [7, 11) is 0. The summed E-state index contributed by atoms with van der Waals surface area (Å²) in [6.07, 6.45) is 1.60. The second-order valence-electron chi connectivity index (χ2n) is 7.32. The number of fused-ring (bicyclic) bond motifs is 2. The molecule has 0 N–H and O–H groups in total. The normalized spacial score (nSPS) is 21.1. The molecule has 1 fully saturated rings. The van der Waals surface area contributed by atoms with Gasteiger partial charge in [-0.2, -0.15) is 0 Å². The minimum absolute atomic E-state index is 0.130. The molecule has 2 aliphatic rings. The first-order chi connectivity index (χ1) is 13.5. The van der Waals surface area contributed by atoms with Crippen molar-refractivity contribution in [2.75, 3.05) is 11.4 Å². The van der Waals surface area contributed by atoms with Gasteiger partial charge in [0.1, 0.15) is 0 Å². The van der Waals surface area contributed by atoms with Crippen LogP contribution in [-0.2, 0) is 26.3 Å². The molecular weight excluding hydrogens is 376 g/mol. The van der Waals surface area contributed by atoms with Crippen molar-refractivity contribution < 1.29 is 14.4 Å². The van der Waals surface area contributed by atoms with Crippen LogP contribution in [0.15, 0.2) is 48.5 Å². The number of hydrogen-bond acceptors (Lipinski definition) is 3. The minimum Gasteiger partial charge on any atom is -0.311 e. The number of nitrogens with zero attached hydrogens (tertiary/aromatic N) is 2. The van der Waals surface area contributed by atoms with Gasteiger partial charge < -0.3 is 4.90 Å². The summed E-state index contributed by atoms with van der Waals surface area (Å²) in [5.41, 5.74) is 0.630. The average Bonchev–Trinajstić information content (AvgIpc) is 3.07. The number of amides is 3. The SMILES string of the molecule is CCCCN1C(=O)C2(CC(=O)N(Cc3ccccc3)C2=O)c2ccc(Cl)cc21. The lowest BCUT2D eigenvalue weighted by atomic mass is 9.80. The number of anilines is 1. The van der Waals surface area contributed by atoms with Gasteiger partial charge in [-0.15, -0.1) is 0 Å². The van der Waals surface area contributed by atoms with Gasteiger partial charge in [-0.25, -0.2) is 0 Å². The first-order valence-corrected chi connectivity index (χ1v) is 9.87. The van der Waals surface area contributed by atoms with Gasteiger partial charge in [0.25, 0.3) is 0 Å². The smallest absolute Gasteiger partial charge is 0.250 e. The molecule has 0 aliphatic carbocycles. The van der Waals surface area contributed by atoms with E-state index in [-0.39, 0.29) is 24.8 Å². The molecule has 1 unspecified atom stereocenters. The molecule has 144 valence electrons. The largest absolute Gasteiger partial charge is 0.311 e. The molecule has 0 bridgehead atoms. The maximum atomic E-state index is 13.4. The summed E-state index contributed by atoms with van der Waals surface area (Å²) in [6, 6.07) is 14.4. The van der Waals surface area contributed by atoms with Crippen molar-refractivity contribution in [2.45, 2.75) is 38.1 Å². The van der Waals surface area contributed by atoms with E-state index in [0.717, 1.165) is 18.4 Å². The van der Waals surface area contributed by atoms with E-state index in [1.54, 1.807) is 23.1 Å². The van der Waals surface area contributed by atoms with Crippen LogP contribution in [0.25, 0.3) is 0 Å². The van der Waals surface area contributed by atoms with Crippen LogP contribution in [0, 0.1) is 0 Å². The van der Waals surface area contributed by atoms with Gasteiger partial charge in [0.05, 0.1) is 13.0 Å². The Balaban J connectivity index is 1.75. The number of rotatable bonds is 5. The fourth-order valence-corrected chi connectivity index (χ4v) is 4.29. The van der Waals surface area contributed by atoms with E-state index in [1.165, 1.54) is 4.90 Å². The summed E-state index contributed by atoms with van der Waals surface area (Å²) < 4.78 is 0. The molecule has 28 heavy (non-hydrogen) atoms. The first-order valence-electron chi connectivity index (χ1n) is 9.49. The molecule has 2 aliphatic heterocycles. The van der Waals surface area contributed by atoms with Crippen molar-refractivity contribution >= 4 is 35.0 Å². The van der Waals surface area contributed by atoms with E-state index in [4.69, 9.17) is 11.6 Å². The van der Waals surface area contributed by atoms with Crippen molar-refractivity contribution in [3.63, 3.8) is 0 Å². The van der Waals surface area contributed by atoms with Crippen LogP contribution in [-0.4, -0.2) is 29.2 Å². The average molecular weight is 397 g/mol. The highest BCUT2D eigenvalue weighted by atomic mass is 35.5. The van der Waals surface area contributed by atoms with Crippen LogP contribution in [0.3, 0.4) is 0 Å². The maximum Gasteiger partial charge on any atom is 0.250 e. The Kier molecular flexibility index (Phi) is 4.71. The van der Waals surface area contributed by atoms with Gasteiger partial charge in [-0.05, 0) is 24.1 Å².